The van der Waals surface area contributed by atoms with Crippen molar-refractivity contribution >= 4 is 27.6 Å². The maximum absolute atomic E-state index is 12.9. The van der Waals surface area contributed by atoms with Crippen LogP contribution in [0.4, 0.5) is 0 Å². The number of amides is 1. The van der Waals surface area contributed by atoms with E-state index >= 15 is 0 Å². The van der Waals surface area contributed by atoms with Crippen molar-refractivity contribution in [2.75, 3.05) is 7.05 Å². The van der Waals surface area contributed by atoms with Gasteiger partial charge >= 0.3 is 0 Å². The van der Waals surface area contributed by atoms with E-state index in [9.17, 15) is 4.79 Å². The third-order valence-corrected chi connectivity index (χ3v) is 6.25. The van der Waals surface area contributed by atoms with Gasteiger partial charge < -0.3 is 9.64 Å². The SMILES string of the molecule is CN(C(=O)c1nc2cccnc2s1)C1CC(Oc2ccccc2)C1(C)C. The Morgan fingerprint density at radius 2 is 2.00 bits per heavy atom. The van der Waals surface area contributed by atoms with Crippen LogP contribution in [0.15, 0.2) is 48.7 Å². The number of hydrogen-bond acceptors (Lipinski definition) is 5. The van der Waals surface area contributed by atoms with Crippen molar-refractivity contribution in [1.82, 2.24) is 14.9 Å². The maximum Gasteiger partial charge on any atom is 0.282 e. The van der Waals surface area contributed by atoms with Gasteiger partial charge in [-0.15, -0.1) is 0 Å². The Bertz CT molecular complexity index is 905. The van der Waals surface area contributed by atoms with Crippen molar-refractivity contribution < 1.29 is 9.53 Å². The van der Waals surface area contributed by atoms with Gasteiger partial charge in [0.05, 0.1) is 0 Å². The Morgan fingerprint density at radius 3 is 2.69 bits per heavy atom. The van der Waals surface area contributed by atoms with E-state index in [1.807, 2.05) is 54.4 Å². The lowest BCUT2D eigenvalue weighted by molar-refractivity contribution is -0.0886. The molecular weight excluding hydrogens is 346 g/mol. The van der Waals surface area contributed by atoms with E-state index in [0.29, 0.717) is 5.01 Å². The summed E-state index contributed by atoms with van der Waals surface area (Å²) in [4.78, 5) is 24.2. The largest absolute Gasteiger partial charge is 0.490 e. The highest BCUT2D eigenvalue weighted by molar-refractivity contribution is 7.19. The molecule has 1 fully saturated rings. The van der Waals surface area contributed by atoms with E-state index in [4.69, 9.17) is 4.74 Å². The lowest BCUT2D eigenvalue weighted by atomic mass is 9.63. The number of aromatic nitrogens is 2. The zero-order valence-electron chi connectivity index (χ0n) is 15.0. The Hall–Kier alpha value is -2.47. The minimum atomic E-state index is -0.130. The van der Waals surface area contributed by atoms with Crippen LogP contribution < -0.4 is 4.74 Å². The van der Waals surface area contributed by atoms with Crippen LogP contribution in [0.25, 0.3) is 10.3 Å². The molecule has 6 heteroatoms. The van der Waals surface area contributed by atoms with Crippen molar-refractivity contribution in [3.8, 4) is 5.75 Å². The molecule has 0 saturated heterocycles. The van der Waals surface area contributed by atoms with Gasteiger partial charge in [0.15, 0.2) is 5.01 Å². The standard InChI is InChI=1S/C20H21N3O2S/c1-20(2)15(12-16(20)25-13-8-5-4-6-9-13)23(3)19(24)18-22-14-10-7-11-21-17(14)26-18/h4-11,15-16H,12H2,1-3H3. The summed E-state index contributed by atoms with van der Waals surface area (Å²) < 4.78 is 6.12. The second-order valence-corrected chi connectivity index (χ2v) is 8.23. The summed E-state index contributed by atoms with van der Waals surface area (Å²) in [6, 6.07) is 13.7. The molecule has 4 rings (SSSR count). The fourth-order valence-electron chi connectivity index (χ4n) is 3.54. The van der Waals surface area contributed by atoms with E-state index in [2.05, 4.69) is 23.8 Å². The molecule has 1 aliphatic rings. The summed E-state index contributed by atoms with van der Waals surface area (Å²) in [7, 11) is 1.85. The maximum atomic E-state index is 12.9. The predicted molar refractivity (Wildman–Crippen MR) is 103 cm³/mol. The van der Waals surface area contributed by atoms with Crippen molar-refractivity contribution in [2.24, 2.45) is 5.41 Å². The van der Waals surface area contributed by atoms with E-state index in [0.717, 1.165) is 22.5 Å². The number of pyridine rings is 1. The first kappa shape index (κ1) is 17.0. The highest BCUT2D eigenvalue weighted by Gasteiger charge is 2.53. The number of fused-ring (bicyclic) bond motifs is 1. The molecular formula is C20H21N3O2S. The van der Waals surface area contributed by atoms with E-state index in [-0.39, 0.29) is 23.5 Å². The number of benzene rings is 1. The highest BCUT2D eigenvalue weighted by Crippen LogP contribution is 2.46. The molecule has 2 atom stereocenters. The monoisotopic (exact) mass is 367 g/mol. The number of hydrogen-bond donors (Lipinski definition) is 0. The van der Waals surface area contributed by atoms with Crippen LogP contribution in [0.2, 0.25) is 0 Å². The van der Waals surface area contributed by atoms with Gasteiger partial charge in [0.2, 0.25) is 0 Å². The molecule has 26 heavy (non-hydrogen) atoms. The molecule has 3 aromatic rings. The van der Waals surface area contributed by atoms with Gasteiger partial charge in [0, 0.05) is 31.1 Å². The molecule has 5 nitrogen and oxygen atoms in total. The summed E-state index contributed by atoms with van der Waals surface area (Å²) in [5.41, 5.74) is 0.641. The van der Waals surface area contributed by atoms with Crippen molar-refractivity contribution in [3.05, 3.63) is 53.7 Å². The van der Waals surface area contributed by atoms with Crippen molar-refractivity contribution in [2.45, 2.75) is 32.4 Å². The second kappa shape index (κ2) is 6.36. The van der Waals surface area contributed by atoms with Crippen LogP contribution in [0.1, 0.15) is 30.1 Å². The number of thiazole rings is 1. The average Bonchev–Trinajstić information content (AvgIpc) is 3.08. The van der Waals surface area contributed by atoms with E-state index < -0.39 is 0 Å². The number of para-hydroxylation sites is 1. The van der Waals surface area contributed by atoms with Gasteiger partial charge in [-0.25, -0.2) is 9.97 Å². The first-order chi connectivity index (χ1) is 12.5. The molecule has 2 unspecified atom stereocenters. The molecule has 1 saturated carbocycles. The molecule has 0 aliphatic heterocycles. The second-order valence-electron chi connectivity index (χ2n) is 7.26. The molecule has 1 amide bonds. The van der Waals surface area contributed by atoms with Crippen LogP contribution in [0.5, 0.6) is 5.75 Å². The van der Waals surface area contributed by atoms with Gasteiger partial charge in [-0.2, -0.15) is 0 Å². The van der Waals surface area contributed by atoms with Gasteiger partial charge in [-0.05, 0) is 24.3 Å². The molecule has 2 aromatic heterocycles. The van der Waals surface area contributed by atoms with Gasteiger partial charge in [0.25, 0.3) is 5.91 Å². The quantitative estimate of drug-likeness (QED) is 0.699. The Morgan fingerprint density at radius 1 is 1.23 bits per heavy atom. The molecule has 1 aromatic carbocycles. The molecule has 134 valence electrons. The lowest BCUT2D eigenvalue weighted by Crippen LogP contribution is -2.63. The number of ether oxygens (including phenoxy) is 1. The van der Waals surface area contributed by atoms with Crippen LogP contribution in [0, 0.1) is 5.41 Å². The van der Waals surface area contributed by atoms with E-state index in [1.165, 1.54) is 11.3 Å². The van der Waals surface area contributed by atoms with Crippen LogP contribution in [0.3, 0.4) is 0 Å². The zero-order valence-corrected chi connectivity index (χ0v) is 15.9. The first-order valence-corrected chi connectivity index (χ1v) is 9.49. The Kier molecular flexibility index (Phi) is 4.15. The lowest BCUT2D eigenvalue weighted by Gasteiger charge is -2.54. The number of carbonyl (C=O) groups excluding carboxylic acids is 1. The highest BCUT2D eigenvalue weighted by atomic mass is 32.1. The molecule has 0 spiro atoms. The molecule has 1 aliphatic carbocycles. The van der Waals surface area contributed by atoms with Crippen LogP contribution in [-0.4, -0.2) is 40.0 Å². The van der Waals surface area contributed by atoms with Crippen LogP contribution >= 0.6 is 11.3 Å². The van der Waals surface area contributed by atoms with Gasteiger partial charge in [0.1, 0.15) is 22.2 Å². The molecule has 0 N–H and O–H groups in total. The normalized spacial score (nSPS) is 21.2. The third-order valence-electron chi connectivity index (χ3n) is 5.28. The molecule has 0 radical (unpaired) electrons. The number of rotatable bonds is 4. The zero-order chi connectivity index (χ0) is 18.3. The fraction of sp³-hybridized carbons (Fsp3) is 0.350. The summed E-state index contributed by atoms with van der Waals surface area (Å²) in [6.45, 7) is 4.30. The Balaban J connectivity index is 1.48. The van der Waals surface area contributed by atoms with Crippen LogP contribution in [-0.2, 0) is 0 Å². The molecule has 0 bridgehead atoms. The smallest absolute Gasteiger partial charge is 0.282 e. The summed E-state index contributed by atoms with van der Waals surface area (Å²) >= 11 is 1.34. The summed E-state index contributed by atoms with van der Waals surface area (Å²) in [5, 5.41) is 0.490. The first-order valence-electron chi connectivity index (χ1n) is 8.67. The fourth-order valence-corrected chi connectivity index (χ4v) is 4.43. The van der Waals surface area contributed by atoms with Crippen molar-refractivity contribution in [3.63, 3.8) is 0 Å². The number of carbonyl (C=O) groups is 1. The summed E-state index contributed by atoms with van der Waals surface area (Å²) in [5.74, 6) is 0.819. The minimum Gasteiger partial charge on any atom is -0.490 e. The average molecular weight is 367 g/mol. The summed E-state index contributed by atoms with van der Waals surface area (Å²) in [6.07, 6.45) is 2.62. The Labute approximate surface area is 156 Å². The number of nitrogens with zero attached hydrogens (tertiary/aromatic N) is 3. The van der Waals surface area contributed by atoms with Gasteiger partial charge in [-0.3, -0.25) is 4.79 Å². The third kappa shape index (κ3) is 2.84. The van der Waals surface area contributed by atoms with Gasteiger partial charge in [-0.1, -0.05) is 43.4 Å². The molecule has 2 heterocycles. The minimum absolute atomic E-state index is 0.0516. The van der Waals surface area contributed by atoms with E-state index in [1.54, 1.807) is 6.20 Å². The topological polar surface area (TPSA) is 55.3 Å². The van der Waals surface area contributed by atoms with Crippen molar-refractivity contribution in [1.29, 1.82) is 0 Å². The predicted octanol–water partition coefficient (Wildman–Crippen LogP) is 4.01.